The predicted molar refractivity (Wildman–Crippen MR) is 66.7 cm³/mol. The van der Waals surface area contributed by atoms with Gasteiger partial charge in [0.2, 0.25) is 0 Å². The Morgan fingerprint density at radius 1 is 1.50 bits per heavy atom. The molecule has 2 rings (SSSR count). The van der Waals surface area contributed by atoms with Crippen LogP contribution in [0.5, 0.6) is 0 Å². The van der Waals surface area contributed by atoms with Crippen molar-refractivity contribution in [2.24, 2.45) is 5.92 Å². The number of aliphatic carboxylic acids is 1. The molecule has 0 spiro atoms. The monoisotopic (exact) mass is 251 g/mol. The van der Waals surface area contributed by atoms with Gasteiger partial charge in [-0.05, 0) is 37.0 Å². The van der Waals surface area contributed by atoms with Crippen LogP contribution in [0, 0.1) is 18.7 Å². The molecule has 0 heterocycles. The zero-order chi connectivity index (χ0) is 13.1. The van der Waals surface area contributed by atoms with Gasteiger partial charge in [0.15, 0.2) is 0 Å². The van der Waals surface area contributed by atoms with E-state index in [1.54, 1.807) is 19.1 Å². The summed E-state index contributed by atoms with van der Waals surface area (Å²) in [5, 5.41) is 12.3. The molecular weight excluding hydrogens is 233 g/mol. The van der Waals surface area contributed by atoms with Crippen LogP contribution in [0.1, 0.15) is 30.4 Å². The fourth-order valence-corrected chi connectivity index (χ4v) is 2.57. The van der Waals surface area contributed by atoms with E-state index in [4.69, 9.17) is 5.11 Å². The summed E-state index contributed by atoms with van der Waals surface area (Å²) in [6.07, 6.45) is 2.60. The molecule has 3 nitrogen and oxygen atoms in total. The van der Waals surface area contributed by atoms with Crippen LogP contribution in [0.4, 0.5) is 4.39 Å². The van der Waals surface area contributed by atoms with Gasteiger partial charge in [-0.2, -0.15) is 0 Å². The molecule has 18 heavy (non-hydrogen) atoms. The second kappa shape index (κ2) is 5.48. The Balaban J connectivity index is 1.94. The van der Waals surface area contributed by atoms with Crippen LogP contribution in [-0.4, -0.2) is 17.1 Å². The van der Waals surface area contributed by atoms with Gasteiger partial charge < -0.3 is 10.4 Å². The second-order valence-corrected chi connectivity index (χ2v) is 4.95. The number of hydrogen-bond acceptors (Lipinski definition) is 2. The maximum Gasteiger partial charge on any atom is 0.308 e. The zero-order valence-electron chi connectivity index (χ0n) is 10.4. The lowest BCUT2D eigenvalue weighted by Gasteiger charge is -2.17. The first-order valence-electron chi connectivity index (χ1n) is 6.29. The highest BCUT2D eigenvalue weighted by molar-refractivity contribution is 5.71. The smallest absolute Gasteiger partial charge is 0.308 e. The van der Waals surface area contributed by atoms with E-state index in [1.165, 1.54) is 6.07 Å². The molecule has 1 aliphatic rings. The molecular formula is C14H18FNO2. The standard InChI is InChI=1S/C14H18FNO2/c1-9-7-10(5-6-12(9)15)8-16-13-4-2-3-11(13)14(17)18/h5-7,11,13,16H,2-4,8H2,1H3,(H,17,18)/t11-,13+/m1/s1. The number of halogens is 1. The average molecular weight is 251 g/mol. The van der Waals surface area contributed by atoms with Gasteiger partial charge in [-0.1, -0.05) is 18.6 Å². The van der Waals surface area contributed by atoms with Crippen LogP contribution in [0.25, 0.3) is 0 Å². The van der Waals surface area contributed by atoms with E-state index in [9.17, 15) is 9.18 Å². The number of aryl methyl sites for hydroxylation is 1. The highest BCUT2D eigenvalue weighted by Gasteiger charge is 2.32. The summed E-state index contributed by atoms with van der Waals surface area (Å²) >= 11 is 0. The molecule has 0 aromatic heterocycles. The van der Waals surface area contributed by atoms with Gasteiger partial charge >= 0.3 is 5.97 Å². The highest BCUT2D eigenvalue weighted by Crippen LogP contribution is 2.26. The first-order valence-corrected chi connectivity index (χ1v) is 6.29. The topological polar surface area (TPSA) is 49.3 Å². The molecule has 0 amide bonds. The van der Waals surface area contributed by atoms with E-state index in [2.05, 4.69) is 5.32 Å². The lowest BCUT2D eigenvalue weighted by Crippen LogP contribution is -2.35. The van der Waals surface area contributed by atoms with Gasteiger partial charge in [0, 0.05) is 12.6 Å². The SMILES string of the molecule is Cc1cc(CN[C@H]2CCC[C@H]2C(=O)O)ccc1F. The maximum absolute atomic E-state index is 13.1. The Kier molecular flexibility index (Phi) is 3.97. The van der Waals surface area contributed by atoms with Crippen LogP contribution in [-0.2, 0) is 11.3 Å². The van der Waals surface area contributed by atoms with Crippen molar-refractivity contribution < 1.29 is 14.3 Å². The van der Waals surface area contributed by atoms with E-state index in [1.807, 2.05) is 0 Å². The fraction of sp³-hybridized carbons (Fsp3) is 0.500. The van der Waals surface area contributed by atoms with Crippen molar-refractivity contribution in [3.8, 4) is 0 Å². The lowest BCUT2D eigenvalue weighted by atomic mass is 10.0. The van der Waals surface area contributed by atoms with Gasteiger partial charge in [0.1, 0.15) is 5.82 Å². The first kappa shape index (κ1) is 13.0. The number of carboxylic acids is 1. The molecule has 1 aromatic carbocycles. The van der Waals surface area contributed by atoms with Gasteiger partial charge in [-0.25, -0.2) is 4.39 Å². The number of hydrogen-bond donors (Lipinski definition) is 2. The van der Waals surface area contributed by atoms with Gasteiger partial charge in [0.25, 0.3) is 0 Å². The summed E-state index contributed by atoms with van der Waals surface area (Å²) in [5.41, 5.74) is 1.61. The number of nitrogens with one attached hydrogen (secondary N) is 1. The van der Waals surface area contributed by atoms with Crippen LogP contribution >= 0.6 is 0 Å². The Bertz CT molecular complexity index is 447. The molecule has 0 radical (unpaired) electrons. The summed E-state index contributed by atoms with van der Waals surface area (Å²) in [7, 11) is 0. The minimum atomic E-state index is -0.722. The van der Waals surface area contributed by atoms with E-state index in [-0.39, 0.29) is 17.8 Å². The number of carboxylic acid groups (broad SMARTS) is 1. The van der Waals surface area contributed by atoms with Crippen molar-refractivity contribution in [1.29, 1.82) is 0 Å². The fourth-order valence-electron chi connectivity index (χ4n) is 2.57. The first-order chi connectivity index (χ1) is 8.58. The van der Waals surface area contributed by atoms with Crippen LogP contribution in [0.3, 0.4) is 0 Å². The summed E-state index contributed by atoms with van der Waals surface area (Å²) < 4.78 is 13.1. The third kappa shape index (κ3) is 2.88. The zero-order valence-corrected chi connectivity index (χ0v) is 10.4. The van der Waals surface area contributed by atoms with Crippen molar-refractivity contribution in [2.45, 2.75) is 38.8 Å². The second-order valence-electron chi connectivity index (χ2n) is 4.95. The number of carbonyl (C=O) groups is 1. The van der Waals surface area contributed by atoms with Crippen LogP contribution < -0.4 is 5.32 Å². The molecule has 1 aromatic rings. The Hall–Kier alpha value is -1.42. The molecule has 98 valence electrons. The molecule has 0 unspecified atom stereocenters. The van der Waals surface area contributed by atoms with Gasteiger partial charge in [0.05, 0.1) is 5.92 Å². The Morgan fingerprint density at radius 3 is 2.94 bits per heavy atom. The molecule has 0 bridgehead atoms. The number of benzene rings is 1. The average Bonchev–Trinajstić information content (AvgIpc) is 2.79. The van der Waals surface area contributed by atoms with Crippen molar-refractivity contribution >= 4 is 5.97 Å². The summed E-state index contributed by atoms with van der Waals surface area (Å²) in [4.78, 5) is 11.0. The largest absolute Gasteiger partial charge is 0.481 e. The van der Waals surface area contributed by atoms with Gasteiger partial charge in [-0.3, -0.25) is 4.79 Å². The quantitative estimate of drug-likeness (QED) is 0.864. The molecule has 0 saturated heterocycles. The van der Waals surface area contributed by atoms with Crippen molar-refractivity contribution in [3.05, 3.63) is 35.1 Å². The highest BCUT2D eigenvalue weighted by atomic mass is 19.1. The predicted octanol–water partition coefficient (Wildman–Crippen LogP) is 2.48. The summed E-state index contributed by atoms with van der Waals surface area (Å²) in [6, 6.07) is 5.02. The Morgan fingerprint density at radius 2 is 2.28 bits per heavy atom. The normalized spacial score (nSPS) is 23.2. The third-order valence-electron chi connectivity index (χ3n) is 3.62. The molecule has 1 fully saturated rings. The van der Waals surface area contributed by atoms with E-state index < -0.39 is 5.97 Å². The van der Waals surface area contributed by atoms with Crippen molar-refractivity contribution in [2.75, 3.05) is 0 Å². The molecule has 1 saturated carbocycles. The number of rotatable bonds is 4. The third-order valence-corrected chi connectivity index (χ3v) is 3.62. The Labute approximate surface area is 106 Å². The molecule has 0 aliphatic heterocycles. The lowest BCUT2D eigenvalue weighted by molar-refractivity contribution is -0.142. The van der Waals surface area contributed by atoms with Crippen molar-refractivity contribution in [1.82, 2.24) is 5.32 Å². The van der Waals surface area contributed by atoms with E-state index in [0.717, 1.165) is 24.8 Å². The van der Waals surface area contributed by atoms with Crippen LogP contribution in [0.15, 0.2) is 18.2 Å². The summed E-state index contributed by atoms with van der Waals surface area (Å²) in [5.74, 6) is -1.21. The molecule has 4 heteroatoms. The van der Waals surface area contributed by atoms with Gasteiger partial charge in [-0.15, -0.1) is 0 Å². The minimum absolute atomic E-state index is 0.0351. The molecule has 2 atom stereocenters. The van der Waals surface area contributed by atoms with Crippen LogP contribution in [0.2, 0.25) is 0 Å². The van der Waals surface area contributed by atoms with E-state index in [0.29, 0.717) is 12.1 Å². The van der Waals surface area contributed by atoms with Crippen molar-refractivity contribution in [3.63, 3.8) is 0 Å². The maximum atomic E-state index is 13.1. The summed E-state index contributed by atoms with van der Waals surface area (Å²) in [6.45, 7) is 2.32. The minimum Gasteiger partial charge on any atom is -0.481 e. The molecule has 2 N–H and O–H groups in total. The molecule has 1 aliphatic carbocycles. The van der Waals surface area contributed by atoms with E-state index >= 15 is 0 Å².